The van der Waals surface area contributed by atoms with Crippen LogP contribution in [0.15, 0.2) is 90.5 Å². The van der Waals surface area contributed by atoms with Crippen LogP contribution in [0.2, 0.25) is 10.0 Å². The molecular weight excluding hydrogens is 479 g/mol. The Hall–Kier alpha value is -3.78. The summed E-state index contributed by atoms with van der Waals surface area (Å²) < 4.78 is 5.97. The maximum absolute atomic E-state index is 12.7. The Kier molecular flexibility index (Phi) is 7.72. The van der Waals surface area contributed by atoms with Crippen molar-refractivity contribution in [2.75, 3.05) is 0 Å². The lowest BCUT2D eigenvalue weighted by molar-refractivity contribution is -0.117. The molecule has 0 heterocycles. The van der Waals surface area contributed by atoms with Gasteiger partial charge in [0, 0.05) is 0 Å². The molecule has 0 aromatic heterocycles. The average Bonchev–Trinajstić information content (AvgIpc) is 2.87. The minimum atomic E-state index is -0.479. The predicted octanol–water partition coefficient (Wildman–Crippen LogP) is 7.51. The van der Waals surface area contributed by atoms with Crippen LogP contribution in [-0.2, 0) is 11.4 Å². The zero-order chi connectivity index (χ0) is 24.8. The molecule has 0 saturated carbocycles. The summed E-state index contributed by atoms with van der Waals surface area (Å²) in [5, 5.41) is 15.2. The first-order valence-electron chi connectivity index (χ1n) is 11.0. The molecule has 4 nitrogen and oxygen atoms in total. The van der Waals surface area contributed by atoms with E-state index in [-0.39, 0.29) is 11.6 Å². The molecule has 0 saturated heterocycles. The van der Waals surface area contributed by atoms with Crippen molar-refractivity contribution in [1.29, 1.82) is 5.26 Å². The molecule has 1 N–H and O–H groups in total. The number of halogens is 2. The van der Waals surface area contributed by atoms with E-state index in [1.54, 1.807) is 12.1 Å². The Bertz CT molecular complexity index is 1410. The summed E-state index contributed by atoms with van der Waals surface area (Å²) in [6.07, 6.45) is 1.46. The summed E-state index contributed by atoms with van der Waals surface area (Å²) in [4.78, 5) is 12.7. The highest BCUT2D eigenvalue weighted by Gasteiger charge is 2.15. The predicted molar refractivity (Wildman–Crippen MR) is 141 cm³/mol. The second-order valence-corrected chi connectivity index (χ2v) is 8.83. The van der Waals surface area contributed by atoms with Crippen LogP contribution >= 0.6 is 23.2 Å². The summed E-state index contributed by atoms with van der Waals surface area (Å²) in [5.41, 5.74) is 2.42. The normalized spacial score (nSPS) is 12.1. The van der Waals surface area contributed by atoms with Crippen molar-refractivity contribution in [2.24, 2.45) is 0 Å². The minimum Gasteiger partial charge on any atom is -0.486 e. The third-order valence-corrected chi connectivity index (χ3v) is 6.16. The van der Waals surface area contributed by atoms with Gasteiger partial charge in [-0.15, -0.1) is 0 Å². The van der Waals surface area contributed by atoms with Gasteiger partial charge in [-0.05, 0) is 52.6 Å². The maximum atomic E-state index is 12.7. The second kappa shape index (κ2) is 11.1. The van der Waals surface area contributed by atoms with Crippen molar-refractivity contribution in [2.45, 2.75) is 19.6 Å². The van der Waals surface area contributed by atoms with E-state index < -0.39 is 5.91 Å². The van der Waals surface area contributed by atoms with Crippen LogP contribution in [0.25, 0.3) is 16.8 Å². The first-order valence-corrected chi connectivity index (χ1v) is 11.8. The van der Waals surface area contributed by atoms with Gasteiger partial charge in [0.15, 0.2) is 5.75 Å². The number of fused-ring (bicyclic) bond motifs is 1. The lowest BCUT2D eigenvalue weighted by Crippen LogP contribution is -2.27. The molecule has 4 aromatic rings. The molecule has 0 spiro atoms. The van der Waals surface area contributed by atoms with Gasteiger partial charge in [-0.25, -0.2) is 0 Å². The summed E-state index contributed by atoms with van der Waals surface area (Å²) in [5.74, 6) is -0.133. The maximum Gasteiger partial charge on any atom is 0.262 e. The molecule has 1 atom stereocenters. The fourth-order valence-corrected chi connectivity index (χ4v) is 4.40. The molecule has 6 heteroatoms. The first-order chi connectivity index (χ1) is 17.0. The number of ether oxygens (including phenoxy) is 1. The zero-order valence-electron chi connectivity index (χ0n) is 19.0. The van der Waals surface area contributed by atoms with E-state index in [9.17, 15) is 10.1 Å². The molecule has 4 rings (SSSR count). The summed E-state index contributed by atoms with van der Waals surface area (Å²) in [6.45, 7) is 2.15. The topological polar surface area (TPSA) is 62.1 Å². The molecule has 1 amide bonds. The SMILES string of the molecule is C[C@H](NC(=O)/C(C#N)=C\c1cc(Cl)c(OCc2cccc3ccccc23)c(Cl)c1)c1ccccc1. The van der Waals surface area contributed by atoms with E-state index in [1.165, 1.54) is 6.08 Å². The molecule has 0 fully saturated rings. The Morgan fingerprint density at radius 2 is 1.66 bits per heavy atom. The smallest absolute Gasteiger partial charge is 0.262 e. The van der Waals surface area contributed by atoms with Crippen molar-refractivity contribution >= 4 is 46.0 Å². The Labute approximate surface area is 214 Å². The summed E-state index contributed by atoms with van der Waals surface area (Å²) in [6, 6.07) is 28.5. The van der Waals surface area contributed by atoms with Crippen LogP contribution < -0.4 is 10.1 Å². The number of nitrogens with zero attached hydrogens (tertiary/aromatic N) is 1. The molecule has 0 aliphatic heterocycles. The molecule has 0 radical (unpaired) electrons. The van der Waals surface area contributed by atoms with Crippen LogP contribution in [0.5, 0.6) is 5.75 Å². The molecule has 0 aliphatic carbocycles. The van der Waals surface area contributed by atoms with Gasteiger partial charge in [0.1, 0.15) is 18.2 Å². The van der Waals surface area contributed by atoms with E-state index in [4.69, 9.17) is 27.9 Å². The second-order valence-electron chi connectivity index (χ2n) is 8.02. The standard InChI is InChI=1S/C29H22Cl2N2O2/c1-19(21-8-3-2-4-9-21)33-29(34)24(17-32)14-20-15-26(30)28(27(31)16-20)35-18-23-12-7-11-22-10-5-6-13-25(22)23/h2-16,19H,18H2,1H3,(H,33,34)/b24-14-/t19-/m0/s1. The van der Waals surface area contributed by atoms with Crippen molar-refractivity contribution in [1.82, 2.24) is 5.32 Å². The Morgan fingerprint density at radius 1 is 1.00 bits per heavy atom. The van der Waals surface area contributed by atoms with Gasteiger partial charge >= 0.3 is 0 Å². The number of rotatable bonds is 7. The number of benzene rings is 4. The van der Waals surface area contributed by atoms with Crippen LogP contribution in [0.3, 0.4) is 0 Å². The quantitative estimate of drug-likeness (QED) is 0.211. The highest BCUT2D eigenvalue weighted by Crippen LogP contribution is 2.36. The van der Waals surface area contributed by atoms with Gasteiger partial charge in [-0.2, -0.15) is 5.26 Å². The van der Waals surface area contributed by atoms with Gasteiger partial charge in [0.05, 0.1) is 16.1 Å². The fourth-order valence-electron chi connectivity index (χ4n) is 3.78. The lowest BCUT2D eigenvalue weighted by atomic mass is 10.1. The third kappa shape index (κ3) is 5.84. The molecule has 174 valence electrons. The molecule has 0 bridgehead atoms. The minimum absolute atomic E-state index is 0.0515. The van der Waals surface area contributed by atoms with Gasteiger partial charge in [-0.3, -0.25) is 4.79 Å². The monoisotopic (exact) mass is 500 g/mol. The Morgan fingerprint density at radius 3 is 2.37 bits per heavy atom. The van der Waals surface area contributed by atoms with Gasteiger partial charge < -0.3 is 10.1 Å². The van der Waals surface area contributed by atoms with Crippen LogP contribution in [0, 0.1) is 11.3 Å². The average molecular weight is 501 g/mol. The van der Waals surface area contributed by atoms with E-state index in [2.05, 4.69) is 5.32 Å². The molecule has 4 aromatic carbocycles. The molecule has 0 unspecified atom stereocenters. The van der Waals surface area contributed by atoms with Crippen molar-refractivity contribution < 1.29 is 9.53 Å². The number of carbonyl (C=O) groups is 1. The lowest BCUT2D eigenvalue weighted by Gasteiger charge is -2.14. The van der Waals surface area contributed by atoms with E-state index in [1.807, 2.05) is 85.8 Å². The number of hydrogen-bond donors (Lipinski definition) is 1. The highest BCUT2D eigenvalue weighted by atomic mass is 35.5. The van der Waals surface area contributed by atoms with Crippen molar-refractivity contribution in [3.05, 3.63) is 117 Å². The van der Waals surface area contributed by atoms with Gasteiger partial charge in [0.2, 0.25) is 0 Å². The number of hydrogen-bond acceptors (Lipinski definition) is 3. The number of nitrogens with one attached hydrogen (secondary N) is 1. The van der Waals surface area contributed by atoms with Crippen molar-refractivity contribution in [3.63, 3.8) is 0 Å². The summed E-state index contributed by atoms with van der Waals surface area (Å²) in [7, 11) is 0. The number of nitriles is 1. The number of amides is 1. The first kappa shape index (κ1) is 24.3. The van der Waals surface area contributed by atoms with Crippen LogP contribution in [0.4, 0.5) is 0 Å². The van der Waals surface area contributed by atoms with Crippen LogP contribution in [0.1, 0.15) is 29.7 Å². The largest absolute Gasteiger partial charge is 0.486 e. The third-order valence-electron chi connectivity index (χ3n) is 5.60. The van der Waals surface area contributed by atoms with E-state index >= 15 is 0 Å². The van der Waals surface area contributed by atoms with Gasteiger partial charge in [-0.1, -0.05) is 96.0 Å². The van der Waals surface area contributed by atoms with E-state index in [0.29, 0.717) is 28.0 Å². The fraction of sp³-hybridized carbons (Fsp3) is 0.103. The molecule has 35 heavy (non-hydrogen) atoms. The van der Waals surface area contributed by atoms with Crippen LogP contribution in [-0.4, -0.2) is 5.91 Å². The number of carbonyl (C=O) groups excluding carboxylic acids is 1. The summed E-state index contributed by atoms with van der Waals surface area (Å²) >= 11 is 12.9. The van der Waals surface area contributed by atoms with Crippen molar-refractivity contribution in [3.8, 4) is 11.8 Å². The van der Waals surface area contributed by atoms with Gasteiger partial charge in [0.25, 0.3) is 5.91 Å². The van der Waals surface area contributed by atoms with E-state index in [0.717, 1.165) is 21.9 Å². The molecule has 0 aliphatic rings. The molecular formula is C29H22Cl2N2O2. The Balaban J connectivity index is 1.51. The zero-order valence-corrected chi connectivity index (χ0v) is 20.5. The highest BCUT2D eigenvalue weighted by molar-refractivity contribution is 6.37.